The lowest BCUT2D eigenvalue weighted by Crippen LogP contribution is -2.38. The molecule has 3 heterocycles. The van der Waals surface area contributed by atoms with Crippen molar-refractivity contribution in [2.45, 2.75) is 20.0 Å². The number of hydrogen-bond acceptors (Lipinski definition) is 10. The molecule has 2 aromatic heterocycles. The van der Waals surface area contributed by atoms with Crippen LogP contribution in [0.2, 0.25) is 0 Å². The van der Waals surface area contributed by atoms with E-state index in [9.17, 15) is 9.59 Å². The maximum atomic E-state index is 12.0. The van der Waals surface area contributed by atoms with E-state index in [-0.39, 0.29) is 17.6 Å². The third kappa shape index (κ3) is 7.07. The van der Waals surface area contributed by atoms with Crippen LogP contribution in [-0.4, -0.2) is 62.3 Å². The second-order valence-corrected chi connectivity index (χ2v) is 10.2. The van der Waals surface area contributed by atoms with Crippen molar-refractivity contribution in [2.75, 3.05) is 39.5 Å². The first-order chi connectivity index (χ1) is 20.9. The average Bonchev–Trinajstić information content (AvgIpc) is 3.72. The van der Waals surface area contributed by atoms with E-state index in [2.05, 4.69) is 15.8 Å². The summed E-state index contributed by atoms with van der Waals surface area (Å²) in [5, 5.41) is 0. The van der Waals surface area contributed by atoms with E-state index in [0.29, 0.717) is 54.0 Å². The van der Waals surface area contributed by atoms with Crippen molar-refractivity contribution < 1.29 is 32.6 Å². The highest BCUT2D eigenvalue weighted by molar-refractivity contribution is 5.92. The minimum absolute atomic E-state index is 0.0887. The van der Waals surface area contributed by atoms with Gasteiger partial charge in [0.05, 0.1) is 19.3 Å². The van der Waals surface area contributed by atoms with Gasteiger partial charge >= 0.3 is 11.8 Å². The molecule has 226 valence electrons. The molecule has 12 nitrogen and oxygen atoms in total. The van der Waals surface area contributed by atoms with Gasteiger partial charge in [-0.25, -0.2) is 11.7 Å². The predicted molar refractivity (Wildman–Crippen MR) is 159 cm³/mol. The van der Waals surface area contributed by atoms with Crippen molar-refractivity contribution in [1.82, 2.24) is 15.8 Å². The topological polar surface area (TPSA) is 167 Å². The summed E-state index contributed by atoms with van der Waals surface area (Å²) in [6.45, 7) is 8.23. The van der Waals surface area contributed by atoms with Crippen molar-refractivity contribution in [3.8, 4) is 45.3 Å². The molecule has 2 aromatic carbocycles. The van der Waals surface area contributed by atoms with Gasteiger partial charge in [0.15, 0.2) is 11.5 Å². The molecule has 0 spiro atoms. The molecule has 2 amide bonds. The van der Waals surface area contributed by atoms with Crippen molar-refractivity contribution in [3.05, 3.63) is 72.2 Å². The summed E-state index contributed by atoms with van der Waals surface area (Å²) in [5.41, 5.74) is 7.07. The van der Waals surface area contributed by atoms with Crippen LogP contribution in [-0.2, 0) is 4.74 Å². The van der Waals surface area contributed by atoms with Crippen LogP contribution in [0.3, 0.4) is 0 Å². The second-order valence-electron chi connectivity index (χ2n) is 10.2. The molecule has 12 heteroatoms. The maximum absolute atomic E-state index is 12.0. The van der Waals surface area contributed by atoms with E-state index in [4.69, 9.17) is 34.7 Å². The number of furan rings is 2. The SMILES string of the molecule is CC(C)Oc1ccc(-c2ccc(C(=O)NN)o2)cc1-c1cc(-c2ccc(C(=O)NN)o2)ccc1OCCN1CCOCC1. The third-order valence-electron chi connectivity index (χ3n) is 6.87. The molecule has 0 radical (unpaired) electrons. The fourth-order valence-corrected chi connectivity index (χ4v) is 4.75. The lowest BCUT2D eigenvalue weighted by molar-refractivity contribution is 0.0323. The standard InChI is InChI=1S/C31H35N5O7/c1-19(2)41-27-6-4-21(25-8-10-29(43-25)31(38)35-33)18-23(27)22-17-20(24-7-9-28(42-24)30(37)34-32)3-5-26(22)40-16-13-36-11-14-39-15-12-36/h3-10,17-19H,11-16,32-33H2,1-2H3,(H,34,37)(H,35,38). The van der Waals surface area contributed by atoms with Crippen LogP contribution < -0.4 is 32.0 Å². The Morgan fingerprint density at radius 1 is 0.814 bits per heavy atom. The van der Waals surface area contributed by atoms with Crippen molar-refractivity contribution in [1.29, 1.82) is 0 Å². The zero-order valence-electron chi connectivity index (χ0n) is 24.1. The number of carbonyl (C=O) groups is 2. The number of benzene rings is 2. The molecule has 6 N–H and O–H groups in total. The normalized spacial score (nSPS) is 13.6. The Bertz CT molecular complexity index is 1570. The monoisotopic (exact) mass is 589 g/mol. The lowest BCUT2D eigenvalue weighted by atomic mass is 9.97. The van der Waals surface area contributed by atoms with Gasteiger partial charge < -0.3 is 23.0 Å². The van der Waals surface area contributed by atoms with Gasteiger partial charge in [-0.15, -0.1) is 0 Å². The van der Waals surface area contributed by atoms with Gasteiger partial charge in [0, 0.05) is 41.9 Å². The molecule has 5 rings (SSSR count). The molecular weight excluding hydrogens is 554 g/mol. The molecule has 43 heavy (non-hydrogen) atoms. The van der Waals surface area contributed by atoms with Crippen molar-refractivity contribution >= 4 is 11.8 Å². The van der Waals surface area contributed by atoms with Gasteiger partial charge in [0.1, 0.15) is 29.6 Å². The number of nitrogen functional groups attached to an aromatic ring is 2. The molecular formula is C31H35N5O7. The number of ether oxygens (including phenoxy) is 3. The Kier molecular flexibility index (Phi) is 9.42. The number of hydrazine groups is 2. The summed E-state index contributed by atoms with van der Waals surface area (Å²) in [5.74, 6) is 11.9. The summed E-state index contributed by atoms with van der Waals surface area (Å²) in [6, 6.07) is 17.8. The maximum Gasteiger partial charge on any atom is 0.300 e. The molecule has 0 unspecified atom stereocenters. The Morgan fingerprint density at radius 2 is 1.35 bits per heavy atom. The van der Waals surface area contributed by atoms with Gasteiger partial charge in [-0.1, -0.05) is 0 Å². The molecule has 4 aromatic rings. The molecule has 1 fully saturated rings. The van der Waals surface area contributed by atoms with Gasteiger partial charge in [-0.05, 0) is 74.5 Å². The van der Waals surface area contributed by atoms with Crippen LogP contribution in [0.5, 0.6) is 11.5 Å². The van der Waals surface area contributed by atoms with Crippen LogP contribution in [0, 0.1) is 0 Å². The predicted octanol–water partition coefficient (Wildman–Crippen LogP) is 3.58. The molecule has 1 aliphatic rings. The molecule has 0 saturated carbocycles. The summed E-state index contributed by atoms with van der Waals surface area (Å²) in [4.78, 5) is 26.3. The summed E-state index contributed by atoms with van der Waals surface area (Å²) >= 11 is 0. The number of hydrogen-bond donors (Lipinski definition) is 4. The van der Waals surface area contributed by atoms with Gasteiger partial charge in [-0.3, -0.25) is 25.3 Å². The highest BCUT2D eigenvalue weighted by atomic mass is 16.5. The largest absolute Gasteiger partial charge is 0.492 e. The first-order valence-corrected chi connectivity index (χ1v) is 14.0. The highest BCUT2D eigenvalue weighted by Gasteiger charge is 2.20. The highest BCUT2D eigenvalue weighted by Crippen LogP contribution is 2.42. The van der Waals surface area contributed by atoms with E-state index < -0.39 is 11.8 Å². The first kappa shape index (κ1) is 29.9. The second kappa shape index (κ2) is 13.6. The fourth-order valence-electron chi connectivity index (χ4n) is 4.75. The molecule has 0 atom stereocenters. The Labute approximate surface area is 248 Å². The third-order valence-corrected chi connectivity index (χ3v) is 6.87. The Balaban J connectivity index is 1.57. The van der Waals surface area contributed by atoms with E-state index in [0.717, 1.165) is 30.8 Å². The fraction of sp³-hybridized carbons (Fsp3) is 0.290. The summed E-state index contributed by atoms with van der Waals surface area (Å²) in [7, 11) is 0. The lowest BCUT2D eigenvalue weighted by Gasteiger charge is -2.26. The van der Waals surface area contributed by atoms with Crippen molar-refractivity contribution in [3.63, 3.8) is 0 Å². The van der Waals surface area contributed by atoms with Crippen LogP contribution in [0.25, 0.3) is 33.8 Å². The number of amides is 2. The number of rotatable bonds is 11. The number of nitrogens with one attached hydrogen (secondary N) is 2. The van der Waals surface area contributed by atoms with E-state index in [1.54, 1.807) is 24.3 Å². The molecule has 0 aliphatic carbocycles. The molecule has 1 aliphatic heterocycles. The smallest absolute Gasteiger partial charge is 0.300 e. The number of nitrogens with zero attached hydrogens (tertiary/aromatic N) is 1. The van der Waals surface area contributed by atoms with Gasteiger partial charge in [-0.2, -0.15) is 0 Å². The van der Waals surface area contributed by atoms with Gasteiger partial charge in [0.2, 0.25) is 0 Å². The number of nitrogens with two attached hydrogens (primary N) is 2. The Morgan fingerprint density at radius 3 is 1.88 bits per heavy atom. The zero-order valence-corrected chi connectivity index (χ0v) is 24.1. The quantitative estimate of drug-likeness (QED) is 0.115. The van der Waals surface area contributed by atoms with Crippen LogP contribution >= 0.6 is 0 Å². The minimum Gasteiger partial charge on any atom is -0.492 e. The van der Waals surface area contributed by atoms with Crippen LogP contribution in [0.1, 0.15) is 35.0 Å². The Hall–Kier alpha value is -4.62. The minimum atomic E-state index is -0.531. The number of morpholine rings is 1. The van der Waals surface area contributed by atoms with E-state index >= 15 is 0 Å². The molecule has 1 saturated heterocycles. The van der Waals surface area contributed by atoms with Gasteiger partial charge in [0.25, 0.3) is 0 Å². The van der Waals surface area contributed by atoms with E-state index in [1.807, 2.05) is 50.2 Å². The zero-order chi connectivity index (χ0) is 30.3. The van der Waals surface area contributed by atoms with Crippen LogP contribution in [0.4, 0.5) is 0 Å². The van der Waals surface area contributed by atoms with E-state index in [1.165, 1.54) is 0 Å². The van der Waals surface area contributed by atoms with Crippen LogP contribution in [0.15, 0.2) is 69.5 Å². The average molecular weight is 590 g/mol. The number of carbonyl (C=O) groups excluding carboxylic acids is 2. The summed E-state index contributed by atoms with van der Waals surface area (Å²) in [6.07, 6.45) is -0.107. The first-order valence-electron chi connectivity index (χ1n) is 14.0. The summed E-state index contributed by atoms with van der Waals surface area (Å²) < 4.78 is 29.6. The van der Waals surface area contributed by atoms with Crippen molar-refractivity contribution in [2.24, 2.45) is 11.7 Å². The molecule has 0 bridgehead atoms.